The summed E-state index contributed by atoms with van der Waals surface area (Å²) in [5.41, 5.74) is 1.83. The number of nitrogens with one attached hydrogen (secondary N) is 1. The lowest BCUT2D eigenvalue weighted by Gasteiger charge is -2.31. The molecule has 5 nitrogen and oxygen atoms in total. The first-order valence-electron chi connectivity index (χ1n) is 8.94. The van der Waals surface area contributed by atoms with E-state index in [0.29, 0.717) is 30.4 Å². The van der Waals surface area contributed by atoms with Gasteiger partial charge in [0.05, 0.1) is 12.8 Å². The number of amides is 2. The van der Waals surface area contributed by atoms with Gasteiger partial charge in [0.15, 0.2) is 0 Å². The molecule has 1 heterocycles. The maximum Gasteiger partial charge on any atom is 0.314 e. The Labute approximate surface area is 154 Å². The second-order valence-electron chi connectivity index (χ2n) is 6.58. The normalized spacial score (nSPS) is 14.7. The Bertz CT molecular complexity index is 753. The number of hydrogen-bond acceptors (Lipinski definition) is 3. The number of hydrogen-bond donors (Lipinski definition) is 1. The lowest BCUT2D eigenvalue weighted by molar-refractivity contribution is -0.144. The Balaban J connectivity index is 1.52. The number of methoxy groups -OCH3 is 1. The average Bonchev–Trinajstić information content (AvgIpc) is 2.69. The van der Waals surface area contributed by atoms with Crippen LogP contribution >= 0.6 is 0 Å². The summed E-state index contributed by atoms with van der Waals surface area (Å²) < 4.78 is 5.20. The Kier molecular flexibility index (Phi) is 5.89. The molecule has 3 rings (SSSR count). The molecule has 5 heteroatoms. The Morgan fingerprint density at radius 2 is 1.69 bits per heavy atom. The highest BCUT2D eigenvalue weighted by atomic mass is 16.5. The van der Waals surface area contributed by atoms with E-state index >= 15 is 0 Å². The van der Waals surface area contributed by atoms with Crippen molar-refractivity contribution >= 4 is 17.5 Å². The van der Waals surface area contributed by atoms with Gasteiger partial charge < -0.3 is 15.0 Å². The monoisotopic (exact) mass is 352 g/mol. The van der Waals surface area contributed by atoms with Gasteiger partial charge in [0.2, 0.25) is 0 Å². The fraction of sp³-hybridized carbons (Fsp3) is 0.333. The van der Waals surface area contributed by atoms with Crippen molar-refractivity contribution in [3.05, 3.63) is 60.2 Å². The van der Waals surface area contributed by atoms with E-state index in [-0.39, 0.29) is 0 Å². The summed E-state index contributed by atoms with van der Waals surface area (Å²) >= 11 is 0. The fourth-order valence-corrected chi connectivity index (χ4v) is 3.35. The average molecular weight is 352 g/mol. The van der Waals surface area contributed by atoms with Crippen LogP contribution in [-0.2, 0) is 16.0 Å². The van der Waals surface area contributed by atoms with Crippen molar-refractivity contribution in [1.82, 2.24) is 4.90 Å². The molecule has 2 aromatic rings. The van der Waals surface area contributed by atoms with Crippen LogP contribution in [0.1, 0.15) is 18.4 Å². The van der Waals surface area contributed by atoms with Crippen molar-refractivity contribution in [2.45, 2.75) is 19.3 Å². The molecule has 1 aliphatic rings. The largest absolute Gasteiger partial charge is 0.495 e. The molecule has 2 amide bonds. The third-order valence-corrected chi connectivity index (χ3v) is 4.82. The lowest BCUT2D eigenvalue weighted by Crippen LogP contribution is -2.44. The van der Waals surface area contributed by atoms with Gasteiger partial charge in [-0.2, -0.15) is 0 Å². The highest BCUT2D eigenvalue weighted by molar-refractivity contribution is 6.39. The van der Waals surface area contributed by atoms with E-state index < -0.39 is 11.8 Å². The van der Waals surface area contributed by atoms with E-state index in [2.05, 4.69) is 29.6 Å². The summed E-state index contributed by atoms with van der Waals surface area (Å²) in [7, 11) is 1.53. The van der Waals surface area contributed by atoms with E-state index in [4.69, 9.17) is 4.74 Å². The van der Waals surface area contributed by atoms with Crippen LogP contribution in [0.4, 0.5) is 5.69 Å². The molecule has 0 atom stereocenters. The minimum Gasteiger partial charge on any atom is -0.495 e. The van der Waals surface area contributed by atoms with Crippen LogP contribution in [0, 0.1) is 5.92 Å². The number of rotatable bonds is 4. The van der Waals surface area contributed by atoms with Crippen molar-refractivity contribution in [2.75, 3.05) is 25.5 Å². The van der Waals surface area contributed by atoms with Crippen molar-refractivity contribution < 1.29 is 14.3 Å². The molecule has 0 aromatic heterocycles. The van der Waals surface area contributed by atoms with Gasteiger partial charge in [0.1, 0.15) is 5.75 Å². The number of ether oxygens (including phenoxy) is 1. The molecule has 0 radical (unpaired) electrons. The Hall–Kier alpha value is -2.82. The number of anilines is 1. The zero-order valence-electron chi connectivity index (χ0n) is 15.0. The van der Waals surface area contributed by atoms with Gasteiger partial charge in [-0.3, -0.25) is 9.59 Å². The quantitative estimate of drug-likeness (QED) is 0.860. The van der Waals surface area contributed by atoms with Crippen molar-refractivity contribution in [2.24, 2.45) is 5.92 Å². The molecule has 0 spiro atoms. The second-order valence-corrected chi connectivity index (χ2v) is 6.58. The molecular formula is C21H24N2O3. The maximum atomic E-state index is 12.4. The van der Waals surface area contributed by atoms with Crippen LogP contribution in [0.15, 0.2) is 54.6 Å². The van der Waals surface area contributed by atoms with Gasteiger partial charge in [-0.25, -0.2) is 0 Å². The number of nitrogens with zero attached hydrogens (tertiary/aromatic N) is 1. The van der Waals surface area contributed by atoms with Crippen LogP contribution in [0.5, 0.6) is 5.75 Å². The van der Waals surface area contributed by atoms with Crippen LogP contribution in [0.2, 0.25) is 0 Å². The zero-order chi connectivity index (χ0) is 18.4. The van der Waals surface area contributed by atoms with Gasteiger partial charge in [0, 0.05) is 13.1 Å². The van der Waals surface area contributed by atoms with E-state index in [1.807, 2.05) is 12.1 Å². The molecule has 0 saturated carbocycles. The van der Waals surface area contributed by atoms with E-state index in [9.17, 15) is 9.59 Å². The van der Waals surface area contributed by atoms with Crippen molar-refractivity contribution in [3.63, 3.8) is 0 Å². The van der Waals surface area contributed by atoms with Crippen LogP contribution < -0.4 is 10.1 Å². The molecule has 0 aliphatic carbocycles. The number of piperidine rings is 1. The Morgan fingerprint density at radius 3 is 2.38 bits per heavy atom. The van der Waals surface area contributed by atoms with E-state index in [1.54, 1.807) is 23.1 Å². The lowest BCUT2D eigenvalue weighted by atomic mass is 9.90. The smallest absolute Gasteiger partial charge is 0.314 e. The summed E-state index contributed by atoms with van der Waals surface area (Å²) in [6.07, 6.45) is 2.86. The third kappa shape index (κ3) is 4.42. The molecule has 2 aromatic carbocycles. The summed E-state index contributed by atoms with van der Waals surface area (Å²) in [4.78, 5) is 26.4. The minimum absolute atomic E-state index is 0.478. The molecule has 1 N–H and O–H groups in total. The maximum absolute atomic E-state index is 12.4. The Morgan fingerprint density at radius 1 is 1.04 bits per heavy atom. The molecule has 1 saturated heterocycles. The van der Waals surface area contributed by atoms with Crippen molar-refractivity contribution in [1.29, 1.82) is 0 Å². The summed E-state index contributed by atoms with van der Waals surface area (Å²) in [5, 5.41) is 2.65. The van der Waals surface area contributed by atoms with Crippen molar-refractivity contribution in [3.8, 4) is 5.75 Å². The molecular weight excluding hydrogens is 328 g/mol. The zero-order valence-corrected chi connectivity index (χ0v) is 15.0. The van der Waals surface area contributed by atoms with Crippen LogP contribution in [0.3, 0.4) is 0 Å². The first-order valence-corrected chi connectivity index (χ1v) is 8.94. The molecule has 1 fully saturated rings. The summed E-state index contributed by atoms with van der Waals surface area (Å²) in [5.74, 6) is -0.000903. The summed E-state index contributed by atoms with van der Waals surface area (Å²) in [6, 6.07) is 17.5. The van der Waals surface area contributed by atoms with Gasteiger partial charge in [-0.1, -0.05) is 42.5 Å². The molecule has 1 aliphatic heterocycles. The number of likely N-dealkylation sites (tertiary alicyclic amines) is 1. The minimum atomic E-state index is -0.615. The first kappa shape index (κ1) is 18.0. The van der Waals surface area contributed by atoms with Gasteiger partial charge >= 0.3 is 11.8 Å². The predicted molar refractivity (Wildman–Crippen MR) is 101 cm³/mol. The highest BCUT2D eigenvalue weighted by Gasteiger charge is 2.27. The molecule has 0 unspecified atom stereocenters. The fourth-order valence-electron chi connectivity index (χ4n) is 3.35. The summed E-state index contributed by atoms with van der Waals surface area (Å²) in [6.45, 7) is 1.24. The van der Waals surface area contributed by atoms with Crippen LogP contribution in [-0.4, -0.2) is 36.9 Å². The number of carbonyl (C=O) groups is 2. The second kappa shape index (κ2) is 8.52. The van der Waals surface area contributed by atoms with Gasteiger partial charge in [0.25, 0.3) is 0 Å². The molecule has 0 bridgehead atoms. The highest BCUT2D eigenvalue weighted by Crippen LogP contribution is 2.24. The van der Waals surface area contributed by atoms with E-state index in [0.717, 1.165) is 19.3 Å². The van der Waals surface area contributed by atoms with Gasteiger partial charge in [-0.05, 0) is 42.9 Å². The van der Waals surface area contributed by atoms with Crippen LogP contribution in [0.25, 0.3) is 0 Å². The SMILES string of the molecule is COc1ccccc1NC(=O)C(=O)N1CCC(Cc2ccccc2)CC1. The number of carbonyl (C=O) groups excluding carboxylic acids is 2. The molecule has 26 heavy (non-hydrogen) atoms. The van der Waals surface area contributed by atoms with E-state index in [1.165, 1.54) is 12.7 Å². The number of benzene rings is 2. The molecule has 136 valence electrons. The van der Waals surface area contributed by atoms with Gasteiger partial charge in [-0.15, -0.1) is 0 Å². The topological polar surface area (TPSA) is 58.6 Å². The first-order chi connectivity index (χ1) is 12.7. The number of para-hydroxylation sites is 2. The predicted octanol–water partition coefficient (Wildman–Crippen LogP) is 3.12. The third-order valence-electron chi connectivity index (χ3n) is 4.82. The standard InChI is InChI=1S/C21H24N2O3/c1-26-19-10-6-5-9-18(19)22-20(24)21(25)23-13-11-17(12-14-23)15-16-7-3-2-4-8-16/h2-10,17H,11-15H2,1H3,(H,22,24).